The highest BCUT2D eigenvalue weighted by Crippen LogP contribution is 2.35. The summed E-state index contributed by atoms with van der Waals surface area (Å²) >= 11 is 1.16. The molecule has 138 valence electrons. The molecule has 1 aromatic carbocycles. The molecule has 0 aliphatic heterocycles. The summed E-state index contributed by atoms with van der Waals surface area (Å²) in [7, 11) is 0. The van der Waals surface area contributed by atoms with Gasteiger partial charge in [-0.1, -0.05) is 0 Å². The fraction of sp³-hybridized carbons (Fsp3) is 0.188. The summed E-state index contributed by atoms with van der Waals surface area (Å²) in [4.78, 5) is 33.9. The first-order valence-corrected chi connectivity index (χ1v) is 8.31. The minimum atomic E-state index is -1.08. The predicted molar refractivity (Wildman–Crippen MR) is 97.2 cm³/mol. The van der Waals surface area contributed by atoms with Crippen molar-refractivity contribution in [1.29, 1.82) is 0 Å². The third-order valence-electron chi connectivity index (χ3n) is 3.39. The maximum absolute atomic E-state index is 11.5. The fourth-order valence-corrected chi connectivity index (χ4v) is 3.14. The van der Waals surface area contributed by atoms with Crippen LogP contribution in [0, 0.1) is 0 Å². The van der Waals surface area contributed by atoms with Crippen LogP contribution in [-0.2, 0) is 4.79 Å². The Balaban J connectivity index is 2.09. The molecule has 1 heterocycles. The molecule has 9 nitrogen and oxygen atoms in total. The lowest BCUT2D eigenvalue weighted by molar-refractivity contribution is -0.138. The van der Waals surface area contributed by atoms with Crippen molar-refractivity contribution in [2.45, 2.75) is 12.5 Å². The molecule has 2 aromatic rings. The Morgan fingerprint density at radius 3 is 2.38 bits per heavy atom. The quantitative estimate of drug-likeness (QED) is 0.461. The van der Waals surface area contributed by atoms with E-state index in [-0.39, 0.29) is 23.6 Å². The molecular weight excluding hydrogens is 360 g/mol. The van der Waals surface area contributed by atoms with Crippen molar-refractivity contribution in [2.75, 3.05) is 11.9 Å². The number of primary amides is 2. The molecule has 1 aromatic heterocycles. The number of hydrogen-bond donors (Lipinski definition) is 5. The number of thiophene rings is 1. The summed E-state index contributed by atoms with van der Waals surface area (Å²) in [6, 6.07) is 6.74. The summed E-state index contributed by atoms with van der Waals surface area (Å²) in [5.41, 5.74) is 16.8. The normalized spacial score (nSPS) is 11.6. The Kier molecular flexibility index (Phi) is 6.15. The van der Waals surface area contributed by atoms with E-state index in [2.05, 4.69) is 5.32 Å². The van der Waals surface area contributed by atoms with Crippen molar-refractivity contribution in [3.63, 3.8) is 0 Å². The molecule has 0 fully saturated rings. The Morgan fingerprint density at radius 1 is 1.19 bits per heavy atom. The SMILES string of the molecule is NC(=O)Nc1sc(-c2ccc(OCC[C@H](N)C(=O)O)cc2)cc1C(N)=O. The van der Waals surface area contributed by atoms with Gasteiger partial charge in [0.2, 0.25) is 0 Å². The molecule has 10 heteroatoms. The van der Waals surface area contributed by atoms with Gasteiger partial charge in [-0.15, -0.1) is 11.3 Å². The van der Waals surface area contributed by atoms with Crippen molar-refractivity contribution < 1.29 is 24.2 Å². The van der Waals surface area contributed by atoms with Gasteiger partial charge >= 0.3 is 12.0 Å². The number of carboxylic acids is 1. The van der Waals surface area contributed by atoms with Crippen LogP contribution in [0.15, 0.2) is 30.3 Å². The molecule has 26 heavy (non-hydrogen) atoms. The van der Waals surface area contributed by atoms with Gasteiger partial charge in [-0.2, -0.15) is 0 Å². The van der Waals surface area contributed by atoms with Crippen molar-refractivity contribution in [2.24, 2.45) is 17.2 Å². The Morgan fingerprint density at radius 2 is 1.85 bits per heavy atom. The topological polar surface area (TPSA) is 171 Å². The van der Waals surface area contributed by atoms with E-state index in [1.54, 1.807) is 30.3 Å². The van der Waals surface area contributed by atoms with E-state index < -0.39 is 23.9 Å². The van der Waals surface area contributed by atoms with E-state index in [0.29, 0.717) is 10.6 Å². The van der Waals surface area contributed by atoms with E-state index in [1.807, 2.05) is 0 Å². The summed E-state index contributed by atoms with van der Waals surface area (Å²) < 4.78 is 5.45. The molecule has 0 spiro atoms. The van der Waals surface area contributed by atoms with Crippen LogP contribution in [0.3, 0.4) is 0 Å². The van der Waals surface area contributed by atoms with E-state index in [9.17, 15) is 14.4 Å². The highest BCUT2D eigenvalue weighted by molar-refractivity contribution is 7.20. The zero-order valence-electron chi connectivity index (χ0n) is 13.6. The molecule has 0 aliphatic rings. The number of ether oxygens (including phenoxy) is 1. The third kappa shape index (κ3) is 4.94. The average Bonchev–Trinajstić information content (AvgIpc) is 2.98. The zero-order chi connectivity index (χ0) is 19.3. The number of aliphatic carboxylic acids is 1. The van der Waals surface area contributed by atoms with Crippen LogP contribution >= 0.6 is 11.3 Å². The fourth-order valence-electron chi connectivity index (χ4n) is 2.06. The van der Waals surface area contributed by atoms with Gasteiger partial charge in [-0.25, -0.2) is 4.79 Å². The molecule has 0 saturated carbocycles. The molecule has 0 aliphatic carbocycles. The van der Waals surface area contributed by atoms with E-state index in [0.717, 1.165) is 16.9 Å². The van der Waals surface area contributed by atoms with Gasteiger partial charge < -0.3 is 27.0 Å². The maximum Gasteiger partial charge on any atom is 0.320 e. The van der Waals surface area contributed by atoms with Crippen LogP contribution < -0.4 is 27.3 Å². The highest BCUT2D eigenvalue weighted by atomic mass is 32.1. The molecule has 0 saturated heterocycles. The van der Waals surface area contributed by atoms with E-state index in [4.69, 9.17) is 27.0 Å². The number of carboxylic acid groups (broad SMARTS) is 1. The first-order chi connectivity index (χ1) is 12.3. The number of rotatable bonds is 8. The lowest BCUT2D eigenvalue weighted by Crippen LogP contribution is -2.31. The second-order valence-electron chi connectivity index (χ2n) is 5.31. The summed E-state index contributed by atoms with van der Waals surface area (Å²) in [5.74, 6) is -1.20. The predicted octanol–water partition coefficient (Wildman–Crippen LogP) is 1.19. The van der Waals surface area contributed by atoms with Gasteiger partial charge in [-0.05, 0) is 35.9 Å². The van der Waals surface area contributed by atoms with Crippen LogP contribution in [-0.4, -0.2) is 35.7 Å². The van der Waals surface area contributed by atoms with Gasteiger partial charge in [0.05, 0.1) is 12.2 Å². The van der Waals surface area contributed by atoms with Crippen molar-refractivity contribution in [3.05, 3.63) is 35.9 Å². The van der Waals surface area contributed by atoms with E-state index >= 15 is 0 Å². The van der Waals surface area contributed by atoms with Crippen LogP contribution in [0.5, 0.6) is 5.75 Å². The van der Waals surface area contributed by atoms with E-state index in [1.165, 1.54) is 0 Å². The molecule has 1 atom stereocenters. The molecule has 8 N–H and O–H groups in total. The highest BCUT2D eigenvalue weighted by Gasteiger charge is 2.16. The summed E-state index contributed by atoms with van der Waals surface area (Å²) in [6.07, 6.45) is 0.187. The van der Waals surface area contributed by atoms with Gasteiger partial charge in [0.1, 0.15) is 16.8 Å². The maximum atomic E-state index is 11.5. The second kappa shape index (κ2) is 8.32. The third-order valence-corrected chi connectivity index (χ3v) is 4.49. The van der Waals surface area contributed by atoms with Gasteiger partial charge in [0.25, 0.3) is 5.91 Å². The lowest BCUT2D eigenvalue weighted by atomic mass is 10.1. The monoisotopic (exact) mass is 378 g/mol. The second-order valence-corrected chi connectivity index (χ2v) is 6.37. The molecular formula is C16H18N4O5S. The molecule has 3 amide bonds. The van der Waals surface area contributed by atoms with Crippen LogP contribution in [0.25, 0.3) is 10.4 Å². The number of anilines is 1. The van der Waals surface area contributed by atoms with Crippen LogP contribution in [0.1, 0.15) is 16.8 Å². The van der Waals surface area contributed by atoms with Gasteiger partial charge in [0.15, 0.2) is 0 Å². The molecule has 0 unspecified atom stereocenters. The molecule has 2 rings (SSSR count). The number of carbonyl (C=O) groups is 3. The number of benzene rings is 1. The Bertz CT molecular complexity index is 819. The number of hydrogen-bond acceptors (Lipinski definition) is 6. The number of nitrogens with two attached hydrogens (primary N) is 3. The minimum absolute atomic E-state index is 0.171. The summed E-state index contributed by atoms with van der Waals surface area (Å²) in [6.45, 7) is 0.171. The van der Waals surface area contributed by atoms with Gasteiger partial charge in [0, 0.05) is 11.3 Å². The summed E-state index contributed by atoms with van der Waals surface area (Å²) in [5, 5.41) is 11.4. The first-order valence-electron chi connectivity index (χ1n) is 7.49. The number of nitrogens with one attached hydrogen (secondary N) is 1. The van der Waals surface area contributed by atoms with Gasteiger partial charge in [-0.3, -0.25) is 14.9 Å². The Labute approximate surface area is 152 Å². The largest absolute Gasteiger partial charge is 0.494 e. The van der Waals surface area contributed by atoms with Crippen molar-refractivity contribution in [3.8, 4) is 16.2 Å². The lowest BCUT2D eigenvalue weighted by Gasteiger charge is -2.09. The zero-order valence-corrected chi connectivity index (χ0v) is 14.4. The molecule has 0 bridgehead atoms. The molecule has 0 radical (unpaired) electrons. The number of carbonyl (C=O) groups excluding carboxylic acids is 2. The van der Waals surface area contributed by atoms with Crippen molar-refractivity contribution in [1.82, 2.24) is 0 Å². The first kappa shape index (κ1) is 19.2. The number of amides is 3. The van der Waals surface area contributed by atoms with Crippen LogP contribution in [0.4, 0.5) is 9.80 Å². The Hall–Kier alpha value is -3.11. The van der Waals surface area contributed by atoms with Crippen LogP contribution in [0.2, 0.25) is 0 Å². The minimum Gasteiger partial charge on any atom is -0.494 e. The average molecular weight is 378 g/mol. The van der Waals surface area contributed by atoms with Crippen molar-refractivity contribution >= 4 is 34.2 Å². The smallest absolute Gasteiger partial charge is 0.320 e. The number of urea groups is 1. The standard InChI is InChI=1S/C16H18N4O5S/c17-11(15(22)23)5-6-25-9-3-1-8(2-4-9)12-7-10(13(18)21)14(26-12)20-16(19)24/h1-4,7,11H,5-6,17H2,(H2,18,21)(H,22,23)(H3,19,20,24)/t11-/m0/s1.